The minimum absolute atomic E-state index is 0.454. The molecule has 0 radical (unpaired) electrons. The molecule has 1 aromatic heterocycles. The molecular formula is C13H19ClN2O. The summed E-state index contributed by atoms with van der Waals surface area (Å²) < 4.78 is 5.69. The summed E-state index contributed by atoms with van der Waals surface area (Å²) in [5.74, 6) is 1.20. The van der Waals surface area contributed by atoms with Crippen molar-refractivity contribution in [2.24, 2.45) is 11.7 Å². The maximum atomic E-state index is 6.08. The van der Waals surface area contributed by atoms with Crippen LogP contribution in [0.2, 0.25) is 5.02 Å². The quantitative estimate of drug-likeness (QED) is 0.898. The van der Waals surface area contributed by atoms with Crippen LogP contribution in [0.25, 0.3) is 0 Å². The molecule has 2 N–H and O–H groups in total. The highest BCUT2D eigenvalue weighted by Crippen LogP contribution is 2.27. The van der Waals surface area contributed by atoms with E-state index in [2.05, 4.69) is 4.98 Å². The summed E-state index contributed by atoms with van der Waals surface area (Å²) in [6, 6.07) is 1.82. The van der Waals surface area contributed by atoms with E-state index in [1.807, 2.05) is 6.07 Å². The van der Waals surface area contributed by atoms with Crippen LogP contribution < -0.4 is 10.5 Å². The van der Waals surface area contributed by atoms with Gasteiger partial charge in [-0.05, 0) is 30.4 Å². The van der Waals surface area contributed by atoms with Crippen molar-refractivity contribution in [2.45, 2.75) is 38.6 Å². The van der Waals surface area contributed by atoms with Crippen LogP contribution in [-0.4, -0.2) is 11.6 Å². The Bertz CT molecular complexity index is 364. The fourth-order valence-electron chi connectivity index (χ4n) is 2.23. The van der Waals surface area contributed by atoms with Crippen LogP contribution in [0.5, 0.6) is 5.88 Å². The third-order valence-electron chi connectivity index (χ3n) is 3.28. The minimum Gasteiger partial charge on any atom is -0.476 e. The van der Waals surface area contributed by atoms with Crippen LogP contribution in [0, 0.1) is 5.92 Å². The highest BCUT2D eigenvalue weighted by molar-refractivity contribution is 6.31. The number of aromatic nitrogens is 1. The molecule has 0 aliphatic heterocycles. The van der Waals surface area contributed by atoms with E-state index in [4.69, 9.17) is 22.1 Å². The molecule has 4 heteroatoms. The lowest BCUT2D eigenvalue weighted by Gasteiger charge is -2.21. The van der Waals surface area contributed by atoms with Crippen molar-refractivity contribution in [3.8, 4) is 5.88 Å². The Morgan fingerprint density at radius 3 is 2.76 bits per heavy atom. The van der Waals surface area contributed by atoms with E-state index in [9.17, 15) is 0 Å². The lowest BCUT2D eigenvalue weighted by atomic mass is 9.90. The zero-order valence-corrected chi connectivity index (χ0v) is 10.7. The molecule has 1 aliphatic rings. The Hall–Kier alpha value is -0.800. The molecule has 94 valence electrons. The van der Waals surface area contributed by atoms with Gasteiger partial charge in [0.1, 0.15) is 5.02 Å². The van der Waals surface area contributed by atoms with Gasteiger partial charge in [-0.3, -0.25) is 0 Å². The van der Waals surface area contributed by atoms with Crippen molar-refractivity contribution in [2.75, 3.05) is 6.61 Å². The first-order valence-electron chi connectivity index (χ1n) is 6.27. The van der Waals surface area contributed by atoms with E-state index in [0.717, 1.165) is 12.2 Å². The molecule has 2 rings (SSSR count). The van der Waals surface area contributed by atoms with E-state index in [1.54, 1.807) is 6.20 Å². The Morgan fingerprint density at radius 1 is 1.35 bits per heavy atom. The van der Waals surface area contributed by atoms with Crippen LogP contribution in [0.4, 0.5) is 0 Å². The van der Waals surface area contributed by atoms with Gasteiger partial charge in [-0.2, -0.15) is 0 Å². The second-order valence-corrected chi connectivity index (χ2v) is 5.06. The summed E-state index contributed by atoms with van der Waals surface area (Å²) in [5.41, 5.74) is 6.45. The molecule has 0 unspecified atom stereocenters. The SMILES string of the molecule is NCc1cnc(OCC2CCCCC2)c(Cl)c1. The smallest absolute Gasteiger partial charge is 0.232 e. The van der Waals surface area contributed by atoms with Crippen LogP contribution in [0.1, 0.15) is 37.7 Å². The number of ether oxygens (including phenoxy) is 1. The third kappa shape index (κ3) is 3.58. The Kier molecular flexibility index (Phi) is 4.63. The molecule has 1 saturated carbocycles. The molecule has 0 bridgehead atoms. The molecule has 0 amide bonds. The molecule has 17 heavy (non-hydrogen) atoms. The van der Waals surface area contributed by atoms with Gasteiger partial charge >= 0.3 is 0 Å². The molecule has 0 aromatic carbocycles. The Balaban J connectivity index is 1.89. The average Bonchev–Trinajstić information content (AvgIpc) is 2.38. The standard InChI is InChI=1S/C13H19ClN2O/c14-12-6-11(7-15)8-16-13(12)17-9-10-4-2-1-3-5-10/h6,8,10H,1-5,7,9,15H2. The predicted molar refractivity (Wildman–Crippen MR) is 69.2 cm³/mol. The Labute approximate surface area is 107 Å². The molecule has 0 saturated heterocycles. The summed E-state index contributed by atoms with van der Waals surface area (Å²) >= 11 is 6.08. The zero-order chi connectivity index (χ0) is 12.1. The molecule has 1 aliphatic carbocycles. The van der Waals surface area contributed by atoms with Crippen LogP contribution >= 0.6 is 11.6 Å². The van der Waals surface area contributed by atoms with Crippen molar-refractivity contribution >= 4 is 11.6 Å². The van der Waals surface area contributed by atoms with Crippen molar-refractivity contribution in [1.82, 2.24) is 4.98 Å². The molecule has 1 fully saturated rings. The fraction of sp³-hybridized carbons (Fsp3) is 0.615. The number of halogens is 1. The number of rotatable bonds is 4. The number of hydrogen-bond acceptors (Lipinski definition) is 3. The normalized spacial score (nSPS) is 17.1. The van der Waals surface area contributed by atoms with Crippen molar-refractivity contribution < 1.29 is 4.74 Å². The van der Waals surface area contributed by atoms with Gasteiger partial charge in [0.15, 0.2) is 0 Å². The van der Waals surface area contributed by atoms with E-state index in [1.165, 1.54) is 32.1 Å². The summed E-state index contributed by atoms with van der Waals surface area (Å²) in [4.78, 5) is 4.20. The summed E-state index contributed by atoms with van der Waals surface area (Å²) in [7, 11) is 0. The highest BCUT2D eigenvalue weighted by atomic mass is 35.5. The minimum atomic E-state index is 0.454. The first kappa shape index (κ1) is 12.7. The summed E-state index contributed by atoms with van der Waals surface area (Å²) in [6.45, 7) is 1.18. The lowest BCUT2D eigenvalue weighted by molar-refractivity contribution is 0.203. The number of nitrogens with zero attached hydrogens (tertiary/aromatic N) is 1. The molecule has 1 heterocycles. The first-order valence-corrected chi connectivity index (χ1v) is 6.64. The average molecular weight is 255 g/mol. The monoisotopic (exact) mass is 254 g/mol. The van der Waals surface area contributed by atoms with Crippen LogP contribution in [0.3, 0.4) is 0 Å². The van der Waals surface area contributed by atoms with Gasteiger partial charge in [-0.1, -0.05) is 30.9 Å². The van der Waals surface area contributed by atoms with E-state index >= 15 is 0 Å². The molecular weight excluding hydrogens is 236 g/mol. The van der Waals surface area contributed by atoms with E-state index in [0.29, 0.717) is 23.4 Å². The van der Waals surface area contributed by atoms with Crippen LogP contribution in [0.15, 0.2) is 12.3 Å². The number of nitrogens with two attached hydrogens (primary N) is 1. The lowest BCUT2D eigenvalue weighted by Crippen LogP contribution is -2.15. The molecule has 0 spiro atoms. The van der Waals surface area contributed by atoms with Gasteiger partial charge in [-0.25, -0.2) is 4.98 Å². The highest BCUT2D eigenvalue weighted by Gasteiger charge is 2.15. The van der Waals surface area contributed by atoms with Gasteiger partial charge in [0.05, 0.1) is 6.61 Å². The number of hydrogen-bond donors (Lipinski definition) is 1. The first-order chi connectivity index (χ1) is 8.29. The second kappa shape index (κ2) is 6.22. The van der Waals surface area contributed by atoms with Crippen molar-refractivity contribution in [1.29, 1.82) is 0 Å². The van der Waals surface area contributed by atoms with Crippen molar-refractivity contribution in [3.05, 3.63) is 22.8 Å². The van der Waals surface area contributed by atoms with Gasteiger partial charge in [0.25, 0.3) is 0 Å². The molecule has 3 nitrogen and oxygen atoms in total. The maximum absolute atomic E-state index is 6.08. The maximum Gasteiger partial charge on any atom is 0.232 e. The summed E-state index contributed by atoms with van der Waals surface area (Å²) in [5, 5.41) is 0.559. The topological polar surface area (TPSA) is 48.1 Å². The zero-order valence-electron chi connectivity index (χ0n) is 9.99. The predicted octanol–water partition coefficient (Wildman–Crippen LogP) is 3.15. The summed E-state index contributed by atoms with van der Waals surface area (Å²) in [6.07, 6.45) is 8.25. The van der Waals surface area contributed by atoms with Gasteiger partial charge in [0, 0.05) is 12.7 Å². The largest absolute Gasteiger partial charge is 0.476 e. The number of pyridine rings is 1. The van der Waals surface area contributed by atoms with Crippen LogP contribution in [-0.2, 0) is 6.54 Å². The fourth-order valence-corrected chi connectivity index (χ4v) is 2.48. The van der Waals surface area contributed by atoms with Gasteiger partial charge in [0.2, 0.25) is 5.88 Å². The molecule has 0 atom stereocenters. The van der Waals surface area contributed by atoms with Crippen molar-refractivity contribution in [3.63, 3.8) is 0 Å². The van der Waals surface area contributed by atoms with E-state index < -0.39 is 0 Å². The van der Waals surface area contributed by atoms with Gasteiger partial charge in [-0.15, -0.1) is 0 Å². The third-order valence-corrected chi connectivity index (χ3v) is 3.55. The Morgan fingerprint density at radius 2 is 2.12 bits per heavy atom. The molecule has 1 aromatic rings. The van der Waals surface area contributed by atoms with E-state index in [-0.39, 0.29) is 0 Å². The van der Waals surface area contributed by atoms with Gasteiger partial charge < -0.3 is 10.5 Å². The second-order valence-electron chi connectivity index (χ2n) is 4.65.